The molecule has 0 aromatic heterocycles. The Morgan fingerprint density at radius 2 is 1.74 bits per heavy atom. The lowest BCUT2D eigenvalue weighted by Gasteiger charge is -2.20. The fraction of sp³-hybridized carbons (Fsp3) is 0.300. The number of hydrogen-bond acceptors (Lipinski definition) is 4. The van der Waals surface area contributed by atoms with Gasteiger partial charge in [0.1, 0.15) is 0 Å². The molecule has 2 rings (SSSR count). The van der Waals surface area contributed by atoms with E-state index in [0.717, 1.165) is 17.4 Å². The molecule has 0 fully saturated rings. The molecule has 0 aliphatic rings. The van der Waals surface area contributed by atoms with E-state index >= 15 is 0 Å². The number of ketones is 1. The van der Waals surface area contributed by atoms with Crippen molar-refractivity contribution in [1.29, 1.82) is 0 Å². The van der Waals surface area contributed by atoms with Crippen LogP contribution >= 0.6 is 0 Å². The lowest BCUT2D eigenvalue weighted by atomic mass is 10.1. The minimum Gasteiger partial charge on any atom is -0.326 e. The number of hydrogen-bond donors (Lipinski definition) is 1. The first-order valence-electron chi connectivity index (χ1n) is 8.56. The summed E-state index contributed by atoms with van der Waals surface area (Å²) in [6, 6.07) is 14.2. The third-order valence-corrected chi connectivity index (χ3v) is 5.32. The van der Waals surface area contributed by atoms with E-state index in [0.29, 0.717) is 11.3 Å². The molecule has 0 unspecified atom stereocenters. The largest absolute Gasteiger partial charge is 0.326 e. The molecule has 7 heteroatoms. The number of nitrogens with one attached hydrogen (secondary N) is 1. The van der Waals surface area contributed by atoms with Crippen LogP contribution in [0.2, 0.25) is 0 Å². The number of amides is 1. The number of nitrogens with zero attached hydrogens (tertiary/aromatic N) is 1. The van der Waals surface area contributed by atoms with Crippen LogP contribution in [0.3, 0.4) is 0 Å². The summed E-state index contributed by atoms with van der Waals surface area (Å²) in [4.78, 5) is 23.4. The van der Waals surface area contributed by atoms with Crippen molar-refractivity contribution in [1.82, 2.24) is 4.31 Å². The fourth-order valence-corrected chi connectivity index (χ4v) is 3.42. The zero-order valence-electron chi connectivity index (χ0n) is 15.7. The van der Waals surface area contributed by atoms with Gasteiger partial charge in [0, 0.05) is 30.8 Å². The van der Waals surface area contributed by atoms with Crippen LogP contribution in [-0.2, 0) is 21.4 Å². The quantitative estimate of drug-likeness (QED) is 0.705. The molecule has 6 nitrogen and oxygen atoms in total. The van der Waals surface area contributed by atoms with Crippen LogP contribution in [0, 0.1) is 6.92 Å². The highest BCUT2D eigenvalue weighted by Crippen LogP contribution is 2.13. The Morgan fingerprint density at radius 3 is 2.30 bits per heavy atom. The van der Waals surface area contributed by atoms with Gasteiger partial charge in [0.05, 0.1) is 6.26 Å². The van der Waals surface area contributed by atoms with Gasteiger partial charge in [-0.05, 0) is 43.7 Å². The summed E-state index contributed by atoms with van der Waals surface area (Å²) in [5, 5.41) is 2.72. The molecule has 27 heavy (non-hydrogen) atoms. The Kier molecular flexibility index (Phi) is 6.87. The van der Waals surface area contributed by atoms with Gasteiger partial charge in [0.2, 0.25) is 15.9 Å². The van der Waals surface area contributed by atoms with Crippen molar-refractivity contribution in [2.45, 2.75) is 26.8 Å². The molecule has 0 saturated carbocycles. The van der Waals surface area contributed by atoms with Crippen LogP contribution < -0.4 is 5.32 Å². The lowest BCUT2D eigenvalue weighted by molar-refractivity contribution is -0.116. The van der Waals surface area contributed by atoms with Crippen molar-refractivity contribution >= 4 is 27.4 Å². The van der Waals surface area contributed by atoms with Gasteiger partial charge in [0.15, 0.2) is 5.78 Å². The molecule has 0 radical (unpaired) electrons. The third-order valence-electron chi connectivity index (χ3n) is 4.07. The van der Waals surface area contributed by atoms with E-state index in [4.69, 9.17) is 0 Å². The SMILES string of the molecule is CC(=O)c1ccc(NC(=O)CCN(Cc2cccc(C)c2)S(C)(=O)=O)cc1. The Labute approximate surface area is 160 Å². The van der Waals surface area contributed by atoms with E-state index in [-0.39, 0.29) is 31.2 Å². The van der Waals surface area contributed by atoms with Gasteiger partial charge in [-0.15, -0.1) is 0 Å². The van der Waals surface area contributed by atoms with Crippen LogP contribution in [-0.4, -0.2) is 37.2 Å². The van der Waals surface area contributed by atoms with E-state index in [2.05, 4.69) is 5.32 Å². The fourth-order valence-electron chi connectivity index (χ4n) is 2.61. The average molecular weight is 388 g/mol. The molecule has 2 aromatic carbocycles. The first-order valence-corrected chi connectivity index (χ1v) is 10.4. The molecule has 0 aliphatic carbocycles. The van der Waals surface area contributed by atoms with Crippen molar-refractivity contribution in [3.05, 3.63) is 65.2 Å². The topological polar surface area (TPSA) is 83.6 Å². The molecule has 144 valence electrons. The van der Waals surface area contributed by atoms with E-state index in [1.807, 2.05) is 31.2 Å². The van der Waals surface area contributed by atoms with Crippen molar-refractivity contribution in [3.8, 4) is 0 Å². The lowest BCUT2D eigenvalue weighted by Crippen LogP contribution is -2.32. The number of carbonyl (C=O) groups is 2. The van der Waals surface area contributed by atoms with Crippen LogP contribution in [0.1, 0.15) is 34.8 Å². The number of sulfonamides is 1. The average Bonchev–Trinajstić information content (AvgIpc) is 2.58. The highest BCUT2D eigenvalue weighted by Gasteiger charge is 2.18. The van der Waals surface area contributed by atoms with Gasteiger partial charge >= 0.3 is 0 Å². The summed E-state index contributed by atoms with van der Waals surface area (Å²) < 4.78 is 25.4. The number of benzene rings is 2. The van der Waals surface area contributed by atoms with Gasteiger partial charge in [-0.2, -0.15) is 4.31 Å². The van der Waals surface area contributed by atoms with Crippen molar-refractivity contribution in [3.63, 3.8) is 0 Å². The first-order chi connectivity index (χ1) is 12.6. The molecule has 0 spiro atoms. The van der Waals surface area contributed by atoms with Crippen LogP contribution in [0.15, 0.2) is 48.5 Å². The molecule has 0 heterocycles. The predicted octanol–water partition coefficient (Wildman–Crippen LogP) is 2.99. The molecular weight excluding hydrogens is 364 g/mol. The Balaban J connectivity index is 1.97. The Morgan fingerprint density at radius 1 is 1.07 bits per heavy atom. The van der Waals surface area contributed by atoms with Gasteiger partial charge in [-0.1, -0.05) is 29.8 Å². The van der Waals surface area contributed by atoms with E-state index in [9.17, 15) is 18.0 Å². The monoisotopic (exact) mass is 388 g/mol. The normalized spacial score (nSPS) is 11.4. The minimum atomic E-state index is -3.44. The highest BCUT2D eigenvalue weighted by molar-refractivity contribution is 7.88. The van der Waals surface area contributed by atoms with E-state index < -0.39 is 10.0 Å². The van der Waals surface area contributed by atoms with Gasteiger partial charge < -0.3 is 5.32 Å². The van der Waals surface area contributed by atoms with E-state index in [1.165, 1.54) is 11.2 Å². The zero-order valence-corrected chi connectivity index (χ0v) is 16.5. The third kappa shape index (κ3) is 6.62. The maximum absolute atomic E-state index is 12.2. The number of anilines is 1. The van der Waals surface area contributed by atoms with Crippen LogP contribution in [0.25, 0.3) is 0 Å². The molecule has 1 N–H and O–H groups in total. The molecule has 0 aliphatic heterocycles. The molecule has 1 amide bonds. The summed E-state index contributed by atoms with van der Waals surface area (Å²) in [5.41, 5.74) is 3.05. The highest BCUT2D eigenvalue weighted by atomic mass is 32.2. The second-order valence-electron chi connectivity index (χ2n) is 6.52. The Bertz CT molecular complexity index is 921. The summed E-state index contributed by atoms with van der Waals surface area (Å²) in [6.07, 6.45) is 1.18. The van der Waals surface area contributed by atoms with Crippen molar-refractivity contribution in [2.24, 2.45) is 0 Å². The van der Waals surface area contributed by atoms with Crippen LogP contribution in [0.5, 0.6) is 0 Å². The second kappa shape index (κ2) is 8.92. The number of aryl methyl sites for hydroxylation is 1. The molecule has 2 aromatic rings. The summed E-state index contributed by atoms with van der Waals surface area (Å²) in [5.74, 6) is -0.337. The van der Waals surface area contributed by atoms with Crippen molar-refractivity contribution in [2.75, 3.05) is 18.1 Å². The number of rotatable bonds is 8. The predicted molar refractivity (Wildman–Crippen MR) is 106 cm³/mol. The Hall–Kier alpha value is -2.51. The smallest absolute Gasteiger partial charge is 0.225 e. The maximum atomic E-state index is 12.2. The second-order valence-corrected chi connectivity index (χ2v) is 8.50. The maximum Gasteiger partial charge on any atom is 0.225 e. The van der Waals surface area contributed by atoms with Gasteiger partial charge in [-0.3, -0.25) is 9.59 Å². The standard InChI is InChI=1S/C20H24N2O4S/c1-15-5-4-6-17(13-15)14-22(27(3,25)26)12-11-20(24)21-19-9-7-18(8-10-19)16(2)23/h4-10,13H,11-12,14H2,1-3H3,(H,21,24). The van der Waals surface area contributed by atoms with E-state index in [1.54, 1.807) is 24.3 Å². The number of Topliss-reactive ketones (excluding diaryl/α,β-unsaturated/α-hetero) is 1. The van der Waals surface area contributed by atoms with Gasteiger partial charge in [-0.25, -0.2) is 8.42 Å². The molecular formula is C20H24N2O4S. The summed E-state index contributed by atoms with van der Waals surface area (Å²) in [7, 11) is -3.44. The molecule has 0 atom stereocenters. The molecule has 0 bridgehead atoms. The number of carbonyl (C=O) groups excluding carboxylic acids is 2. The van der Waals surface area contributed by atoms with Crippen molar-refractivity contribution < 1.29 is 18.0 Å². The summed E-state index contributed by atoms with van der Waals surface area (Å²) in [6.45, 7) is 3.73. The molecule has 0 saturated heterocycles. The van der Waals surface area contributed by atoms with Crippen LogP contribution in [0.4, 0.5) is 5.69 Å². The first kappa shape index (κ1) is 20.8. The summed E-state index contributed by atoms with van der Waals surface area (Å²) >= 11 is 0. The van der Waals surface area contributed by atoms with Gasteiger partial charge in [0.25, 0.3) is 0 Å². The zero-order chi connectivity index (χ0) is 20.0. The minimum absolute atomic E-state index is 0.0351.